The van der Waals surface area contributed by atoms with Crippen LogP contribution < -0.4 is 0 Å². The van der Waals surface area contributed by atoms with Crippen molar-refractivity contribution in [2.45, 2.75) is 19.8 Å². The first-order chi connectivity index (χ1) is 4.49. The van der Waals surface area contributed by atoms with E-state index in [1.807, 2.05) is 0 Å². The van der Waals surface area contributed by atoms with Gasteiger partial charge in [0.2, 0.25) is 9.05 Å². The second-order valence-electron chi connectivity index (χ2n) is 3.00. The van der Waals surface area contributed by atoms with E-state index in [1.165, 1.54) is 6.42 Å². The minimum atomic E-state index is -3.23. The van der Waals surface area contributed by atoms with E-state index in [0.29, 0.717) is 5.92 Å². The van der Waals surface area contributed by atoms with E-state index >= 15 is 0 Å². The molecule has 0 aromatic rings. The Kier molecular flexibility index (Phi) is 2.25. The van der Waals surface area contributed by atoms with Gasteiger partial charge in [-0.15, -0.1) is 0 Å². The van der Waals surface area contributed by atoms with E-state index in [9.17, 15) is 8.42 Å². The van der Waals surface area contributed by atoms with Crippen LogP contribution in [0, 0.1) is 11.8 Å². The maximum absolute atomic E-state index is 10.4. The van der Waals surface area contributed by atoms with Crippen LogP contribution in [0.4, 0.5) is 0 Å². The molecule has 0 spiro atoms. The second kappa shape index (κ2) is 2.70. The Balaban J connectivity index is 2.18. The van der Waals surface area contributed by atoms with Gasteiger partial charge >= 0.3 is 0 Å². The molecule has 1 aliphatic rings. The first kappa shape index (κ1) is 8.34. The van der Waals surface area contributed by atoms with Crippen molar-refractivity contribution in [1.82, 2.24) is 0 Å². The van der Waals surface area contributed by atoms with E-state index in [1.54, 1.807) is 0 Å². The highest BCUT2D eigenvalue weighted by Crippen LogP contribution is 2.40. The van der Waals surface area contributed by atoms with E-state index in [2.05, 4.69) is 6.92 Å². The summed E-state index contributed by atoms with van der Waals surface area (Å²) in [4.78, 5) is 0. The molecule has 0 radical (unpaired) electrons. The molecule has 2 nitrogen and oxygen atoms in total. The zero-order valence-electron chi connectivity index (χ0n) is 5.88. The number of hydrogen-bond donors (Lipinski definition) is 0. The topological polar surface area (TPSA) is 34.1 Å². The zero-order valence-corrected chi connectivity index (χ0v) is 7.45. The molecule has 0 amide bonds. The summed E-state index contributed by atoms with van der Waals surface area (Å²) in [5.41, 5.74) is 0. The lowest BCUT2D eigenvalue weighted by atomic mass is 10.3. The number of rotatable bonds is 3. The molecule has 1 saturated carbocycles. The highest BCUT2D eigenvalue weighted by molar-refractivity contribution is 8.13. The van der Waals surface area contributed by atoms with Gasteiger partial charge in [-0.2, -0.15) is 0 Å². The summed E-state index contributed by atoms with van der Waals surface area (Å²) in [5.74, 6) is 1.48. The summed E-state index contributed by atoms with van der Waals surface area (Å²) in [6.45, 7) is 2.13. The SMILES string of the molecule is CC1CC1CCS(=O)(=O)Cl. The van der Waals surface area contributed by atoms with Crippen LogP contribution in [0.15, 0.2) is 0 Å². The lowest BCUT2D eigenvalue weighted by Gasteiger charge is -1.92. The van der Waals surface area contributed by atoms with Gasteiger partial charge in [-0.05, 0) is 24.7 Å². The van der Waals surface area contributed by atoms with E-state index < -0.39 is 9.05 Å². The fraction of sp³-hybridized carbons (Fsp3) is 1.00. The summed E-state index contributed by atoms with van der Waals surface area (Å²) >= 11 is 0. The van der Waals surface area contributed by atoms with Gasteiger partial charge < -0.3 is 0 Å². The van der Waals surface area contributed by atoms with Gasteiger partial charge in [-0.3, -0.25) is 0 Å². The molecule has 0 aromatic carbocycles. The summed E-state index contributed by atoms with van der Waals surface area (Å²) in [6, 6.07) is 0. The van der Waals surface area contributed by atoms with Crippen LogP contribution in [-0.4, -0.2) is 14.2 Å². The predicted octanol–water partition coefficient (Wildman–Crippen LogP) is 1.60. The van der Waals surface area contributed by atoms with Crippen molar-refractivity contribution in [1.29, 1.82) is 0 Å². The molecule has 60 valence electrons. The fourth-order valence-corrected chi connectivity index (χ4v) is 1.95. The highest BCUT2D eigenvalue weighted by Gasteiger charge is 2.32. The van der Waals surface area contributed by atoms with Crippen LogP contribution in [0.2, 0.25) is 0 Å². The van der Waals surface area contributed by atoms with Crippen molar-refractivity contribution in [3.63, 3.8) is 0 Å². The zero-order chi connectivity index (χ0) is 7.78. The van der Waals surface area contributed by atoms with Gasteiger partial charge in [0.25, 0.3) is 0 Å². The molecule has 1 fully saturated rings. The van der Waals surface area contributed by atoms with Crippen molar-refractivity contribution in [2.75, 3.05) is 5.75 Å². The van der Waals surface area contributed by atoms with Gasteiger partial charge in [-0.1, -0.05) is 6.92 Å². The summed E-state index contributed by atoms with van der Waals surface area (Å²) in [7, 11) is 1.79. The lowest BCUT2D eigenvalue weighted by molar-refractivity contribution is 0.601. The van der Waals surface area contributed by atoms with E-state index in [4.69, 9.17) is 10.7 Å². The van der Waals surface area contributed by atoms with Crippen LogP contribution >= 0.6 is 10.7 Å². The third kappa shape index (κ3) is 2.88. The fourth-order valence-electron chi connectivity index (χ4n) is 1.09. The van der Waals surface area contributed by atoms with Crippen LogP contribution in [0.1, 0.15) is 19.8 Å². The van der Waals surface area contributed by atoms with Crippen LogP contribution in [-0.2, 0) is 9.05 Å². The minimum Gasteiger partial charge on any atom is -0.212 e. The Bertz CT molecular complexity index is 210. The first-order valence-corrected chi connectivity index (χ1v) is 5.89. The van der Waals surface area contributed by atoms with Crippen LogP contribution in [0.3, 0.4) is 0 Å². The summed E-state index contributed by atoms with van der Waals surface area (Å²) in [6.07, 6.45) is 1.92. The molecule has 1 rings (SSSR count). The normalized spacial score (nSPS) is 32.2. The minimum absolute atomic E-state index is 0.142. The molecule has 0 aromatic heterocycles. The third-order valence-electron chi connectivity index (χ3n) is 2.01. The first-order valence-electron chi connectivity index (χ1n) is 3.41. The van der Waals surface area contributed by atoms with Gasteiger partial charge in [0, 0.05) is 10.7 Å². The molecule has 0 N–H and O–H groups in total. The van der Waals surface area contributed by atoms with Crippen molar-refractivity contribution in [3.8, 4) is 0 Å². The number of hydrogen-bond acceptors (Lipinski definition) is 2. The predicted molar refractivity (Wildman–Crippen MR) is 41.5 cm³/mol. The van der Waals surface area contributed by atoms with Crippen LogP contribution in [0.5, 0.6) is 0 Å². The molecular weight excluding hydrogens is 172 g/mol. The Morgan fingerprint density at radius 1 is 1.60 bits per heavy atom. The highest BCUT2D eigenvalue weighted by atomic mass is 35.7. The smallest absolute Gasteiger partial charge is 0.212 e. The van der Waals surface area contributed by atoms with Gasteiger partial charge in [0.05, 0.1) is 5.75 Å². The molecular formula is C6H11ClO2S. The molecule has 0 heterocycles. The Morgan fingerprint density at radius 3 is 2.40 bits per heavy atom. The van der Waals surface area contributed by atoms with E-state index in [-0.39, 0.29) is 5.75 Å². The average Bonchev–Trinajstić information content (AvgIpc) is 2.40. The monoisotopic (exact) mass is 182 g/mol. The van der Waals surface area contributed by atoms with Gasteiger partial charge in [0.1, 0.15) is 0 Å². The average molecular weight is 183 g/mol. The van der Waals surface area contributed by atoms with Crippen molar-refractivity contribution < 1.29 is 8.42 Å². The Hall–Kier alpha value is 0.240. The standard InChI is InChI=1S/C6H11ClO2S/c1-5-4-6(5)2-3-10(7,8)9/h5-6H,2-4H2,1H3. The Morgan fingerprint density at radius 2 is 2.10 bits per heavy atom. The molecule has 2 atom stereocenters. The summed E-state index contributed by atoms with van der Waals surface area (Å²) in [5, 5.41) is 0. The Labute approximate surface area is 66.0 Å². The molecule has 1 aliphatic carbocycles. The quantitative estimate of drug-likeness (QED) is 0.622. The molecule has 2 unspecified atom stereocenters. The summed E-state index contributed by atoms with van der Waals surface area (Å²) < 4.78 is 20.9. The van der Waals surface area contributed by atoms with Gasteiger partial charge in [0.15, 0.2) is 0 Å². The second-order valence-corrected chi connectivity index (χ2v) is 5.90. The maximum atomic E-state index is 10.4. The van der Waals surface area contributed by atoms with Crippen molar-refractivity contribution in [3.05, 3.63) is 0 Å². The molecule has 0 saturated heterocycles. The third-order valence-corrected chi connectivity index (χ3v) is 3.19. The van der Waals surface area contributed by atoms with E-state index in [0.717, 1.165) is 12.3 Å². The number of halogens is 1. The van der Waals surface area contributed by atoms with Gasteiger partial charge in [-0.25, -0.2) is 8.42 Å². The molecule has 0 aliphatic heterocycles. The van der Waals surface area contributed by atoms with Crippen molar-refractivity contribution in [2.24, 2.45) is 11.8 Å². The molecule has 0 bridgehead atoms. The van der Waals surface area contributed by atoms with Crippen LogP contribution in [0.25, 0.3) is 0 Å². The molecule has 4 heteroatoms. The molecule has 10 heavy (non-hydrogen) atoms. The van der Waals surface area contributed by atoms with Crippen molar-refractivity contribution >= 4 is 19.7 Å². The maximum Gasteiger partial charge on any atom is 0.232 e. The largest absolute Gasteiger partial charge is 0.232 e. The lowest BCUT2D eigenvalue weighted by Crippen LogP contribution is -1.98.